The summed E-state index contributed by atoms with van der Waals surface area (Å²) in [6.07, 6.45) is 2.33. The highest BCUT2D eigenvalue weighted by atomic mass is 15.0. The van der Waals surface area contributed by atoms with Crippen LogP contribution in [0.1, 0.15) is 11.9 Å². The quantitative estimate of drug-likeness (QED) is 0.481. The lowest BCUT2D eigenvalue weighted by molar-refractivity contribution is 0.745. The molecule has 0 fully saturated rings. The van der Waals surface area contributed by atoms with E-state index in [2.05, 4.69) is 19.9 Å². The van der Waals surface area contributed by atoms with Crippen molar-refractivity contribution in [1.29, 1.82) is 0 Å². The number of aromatic nitrogens is 4. The Morgan fingerprint density at radius 1 is 1.25 bits per heavy atom. The Balaban J connectivity index is 2.73. The van der Waals surface area contributed by atoms with Crippen LogP contribution in [0.25, 0.3) is 11.2 Å². The summed E-state index contributed by atoms with van der Waals surface area (Å²) < 4.78 is 0. The Kier molecular flexibility index (Phi) is 1.49. The maximum Gasteiger partial charge on any atom is 0.180 e. The van der Waals surface area contributed by atoms with Crippen LogP contribution in [-0.4, -0.2) is 19.9 Å². The second-order valence-corrected chi connectivity index (χ2v) is 2.39. The van der Waals surface area contributed by atoms with Gasteiger partial charge in [0.05, 0.1) is 12.5 Å². The van der Waals surface area contributed by atoms with Gasteiger partial charge < -0.3 is 16.5 Å². The second kappa shape index (κ2) is 2.50. The number of H-pyrrole nitrogens is 1. The second-order valence-electron chi connectivity index (χ2n) is 2.39. The minimum absolute atomic E-state index is 0.581. The van der Waals surface area contributed by atoms with Crippen molar-refractivity contribution in [2.75, 3.05) is 0 Å². The van der Waals surface area contributed by atoms with Gasteiger partial charge in [-0.1, -0.05) is 0 Å². The third-order valence-corrected chi connectivity index (χ3v) is 1.57. The SMILES string of the molecule is NC(N)c1ncnc2nc[nH]c12. The number of fused-ring (bicyclic) bond motifs is 1. The topological polar surface area (TPSA) is 106 Å². The van der Waals surface area contributed by atoms with Crippen LogP contribution >= 0.6 is 0 Å². The third-order valence-electron chi connectivity index (χ3n) is 1.57. The Morgan fingerprint density at radius 3 is 2.83 bits per heavy atom. The first-order valence-corrected chi connectivity index (χ1v) is 3.44. The van der Waals surface area contributed by atoms with E-state index >= 15 is 0 Å². The van der Waals surface area contributed by atoms with Gasteiger partial charge in [0, 0.05) is 0 Å². The van der Waals surface area contributed by atoms with E-state index in [1.807, 2.05) is 0 Å². The molecule has 0 saturated carbocycles. The molecule has 0 aliphatic heterocycles. The monoisotopic (exact) mass is 164 g/mol. The number of nitrogens with zero attached hydrogens (tertiary/aromatic N) is 3. The van der Waals surface area contributed by atoms with Crippen LogP contribution in [0.5, 0.6) is 0 Å². The average Bonchev–Trinajstić information content (AvgIpc) is 2.49. The number of imidazole rings is 1. The van der Waals surface area contributed by atoms with E-state index in [4.69, 9.17) is 11.5 Å². The normalized spacial score (nSPS) is 11.2. The summed E-state index contributed by atoms with van der Waals surface area (Å²) in [4.78, 5) is 14.7. The number of rotatable bonds is 1. The summed E-state index contributed by atoms with van der Waals surface area (Å²) in [6, 6.07) is 0. The van der Waals surface area contributed by atoms with Crippen LogP contribution in [0, 0.1) is 0 Å². The smallest absolute Gasteiger partial charge is 0.180 e. The third kappa shape index (κ3) is 0.936. The maximum atomic E-state index is 5.48. The first kappa shape index (κ1) is 7.14. The molecule has 5 N–H and O–H groups in total. The van der Waals surface area contributed by atoms with Gasteiger partial charge in [-0.3, -0.25) is 0 Å². The van der Waals surface area contributed by atoms with Gasteiger partial charge >= 0.3 is 0 Å². The number of nitrogens with one attached hydrogen (secondary N) is 1. The van der Waals surface area contributed by atoms with Gasteiger partial charge in [0.15, 0.2) is 5.65 Å². The van der Waals surface area contributed by atoms with Crippen LogP contribution in [0.2, 0.25) is 0 Å². The molecule has 2 aromatic rings. The van der Waals surface area contributed by atoms with E-state index in [1.54, 1.807) is 0 Å². The number of hydrogen-bond donors (Lipinski definition) is 3. The molecule has 0 aliphatic carbocycles. The molecule has 2 rings (SSSR count). The zero-order chi connectivity index (χ0) is 8.55. The van der Waals surface area contributed by atoms with Gasteiger partial charge in [-0.15, -0.1) is 0 Å². The number of hydrogen-bond acceptors (Lipinski definition) is 5. The van der Waals surface area contributed by atoms with Crippen LogP contribution in [0.15, 0.2) is 12.7 Å². The molecule has 0 radical (unpaired) electrons. The lowest BCUT2D eigenvalue weighted by Gasteiger charge is -2.03. The molecular weight excluding hydrogens is 156 g/mol. The summed E-state index contributed by atoms with van der Waals surface area (Å²) in [6.45, 7) is 0. The summed E-state index contributed by atoms with van der Waals surface area (Å²) in [5, 5.41) is 0. The molecule has 0 aromatic carbocycles. The molecule has 6 nitrogen and oxygen atoms in total. The largest absolute Gasteiger partial charge is 0.342 e. The number of nitrogens with two attached hydrogens (primary N) is 2. The Bertz CT molecular complexity index is 392. The van der Waals surface area contributed by atoms with Crippen molar-refractivity contribution in [1.82, 2.24) is 19.9 Å². The first-order chi connectivity index (χ1) is 5.79. The van der Waals surface area contributed by atoms with Crippen LogP contribution in [0.4, 0.5) is 0 Å². The highest BCUT2D eigenvalue weighted by Gasteiger charge is 2.08. The summed E-state index contributed by atoms with van der Waals surface area (Å²) in [5.74, 6) is 0. The molecule has 0 aliphatic rings. The molecule has 0 unspecified atom stereocenters. The molecule has 6 heteroatoms. The van der Waals surface area contributed by atoms with Crippen molar-refractivity contribution in [3.05, 3.63) is 18.3 Å². The zero-order valence-corrected chi connectivity index (χ0v) is 6.23. The molecular formula is C6H8N6. The van der Waals surface area contributed by atoms with Gasteiger partial charge in [0.2, 0.25) is 0 Å². The summed E-state index contributed by atoms with van der Waals surface area (Å²) in [7, 11) is 0. The molecule has 0 atom stereocenters. The van der Waals surface area contributed by atoms with E-state index in [1.165, 1.54) is 12.7 Å². The Labute approximate surface area is 68.0 Å². The fourth-order valence-electron chi connectivity index (χ4n) is 1.04. The first-order valence-electron chi connectivity index (χ1n) is 3.44. The minimum atomic E-state index is -0.601. The fourth-order valence-corrected chi connectivity index (χ4v) is 1.04. The van der Waals surface area contributed by atoms with Crippen molar-refractivity contribution in [2.45, 2.75) is 6.17 Å². The predicted molar refractivity (Wildman–Crippen MR) is 42.8 cm³/mol. The van der Waals surface area contributed by atoms with Gasteiger partial charge in [0.25, 0.3) is 0 Å². The van der Waals surface area contributed by atoms with E-state index in [0.29, 0.717) is 16.9 Å². The molecule has 0 bridgehead atoms. The lowest BCUT2D eigenvalue weighted by atomic mass is 10.3. The van der Waals surface area contributed by atoms with Crippen molar-refractivity contribution in [2.24, 2.45) is 11.5 Å². The maximum absolute atomic E-state index is 5.48. The molecule has 12 heavy (non-hydrogen) atoms. The van der Waals surface area contributed by atoms with Crippen molar-refractivity contribution in [3.8, 4) is 0 Å². The van der Waals surface area contributed by atoms with E-state index < -0.39 is 6.17 Å². The minimum Gasteiger partial charge on any atom is -0.342 e. The molecule has 0 spiro atoms. The summed E-state index contributed by atoms with van der Waals surface area (Å²) in [5.41, 5.74) is 12.8. The van der Waals surface area contributed by atoms with E-state index in [-0.39, 0.29) is 0 Å². The molecule has 62 valence electrons. The molecule has 2 aromatic heterocycles. The highest BCUT2D eigenvalue weighted by molar-refractivity contribution is 5.72. The van der Waals surface area contributed by atoms with Gasteiger partial charge in [-0.25, -0.2) is 15.0 Å². The van der Waals surface area contributed by atoms with Crippen molar-refractivity contribution < 1.29 is 0 Å². The van der Waals surface area contributed by atoms with Crippen LogP contribution in [0.3, 0.4) is 0 Å². The lowest BCUT2D eigenvalue weighted by Crippen LogP contribution is -2.21. The van der Waals surface area contributed by atoms with Gasteiger partial charge in [0.1, 0.15) is 17.5 Å². The standard InChI is InChI=1S/C6H8N6/c7-5(8)3-4-6(11-1-9-3)12-2-10-4/h1-2,5H,7-8H2,(H,9,10,11,12). The van der Waals surface area contributed by atoms with E-state index in [0.717, 1.165) is 0 Å². The van der Waals surface area contributed by atoms with Gasteiger partial charge in [-0.05, 0) is 0 Å². The van der Waals surface area contributed by atoms with Crippen molar-refractivity contribution >= 4 is 11.2 Å². The highest BCUT2D eigenvalue weighted by Crippen LogP contribution is 2.11. The van der Waals surface area contributed by atoms with E-state index in [9.17, 15) is 0 Å². The Morgan fingerprint density at radius 2 is 2.08 bits per heavy atom. The molecule has 2 heterocycles. The Hall–Kier alpha value is -1.53. The average molecular weight is 164 g/mol. The molecule has 0 saturated heterocycles. The summed E-state index contributed by atoms with van der Waals surface area (Å²) >= 11 is 0. The van der Waals surface area contributed by atoms with Gasteiger partial charge in [-0.2, -0.15) is 0 Å². The predicted octanol–water partition coefficient (Wildman–Crippen LogP) is -0.731. The number of aromatic amines is 1. The van der Waals surface area contributed by atoms with Crippen molar-refractivity contribution in [3.63, 3.8) is 0 Å². The van der Waals surface area contributed by atoms with Crippen LogP contribution in [-0.2, 0) is 0 Å². The fraction of sp³-hybridized carbons (Fsp3) is 0.167. The molecule has 0 amide bonds. The van der Waals surface area contributed by atoms with Crippen LogP contribution < -0.4 is 11.5 Å². The zero-order valence-electron chi connectivity index (χ0n) is 6.23.